The van der Waals surface area contributed by atoms with E-state index in [4.69, 9.17) is 19.6 Å². The lowest BCUT2D eigenvalue weighted by Crippen LogP contribution is -2.31. The normalized spacial score (nSPS) is 14.7. The van der Waals surface area contributed by atoms with Gasteiger partial charge in [-0.05, 0) is 90.9 Å². The molecule has 4 rings (SSSR count). The lowest BCUT2D eigenvalue weighted by molar-refractivity contribution is -0.113. The summed E-state index contributed by atoms with van der Waals surface area (Å²) in [5, 5.41) is 11.9. The molecule has 1 atom stereocenters. The number of halogens is 1. The van der Waals surface area contributed by atoms with Crippen molar-refractivity contribution in [3.05, 3.63) is 63.3 Å². The van der Waals surface area contributed by atoms with E-state index in [1.807, 2.05) is 57.2 Å². The summed E-state index contributed by atoms with van der Waals surface area (Å²) in [7, 11) is 0. The second kappa shape index (κ2) is 13.6. The van der Waals surface area contributed by atoms with Gasteiger partial charge < -0.3 is 20.1 Å². The number of amides is 1. The van der Waals surface area contributed by atoms with Gasteiger partial charge in [0.1, 0.15) is 6.04 Å². The molecule has 1 aromatic heterocycles. The zero-order valence-corrected chi connectivity index (χ0v) is 26.4. The molecule has 0 radical (unpaired) electrons. The molecule has 40 heavy (non-hydrogen) atoms. The number of anilines is 2. The van der Waals surface area contributed by atoms with Crippen molar-refractivity contribution in [3.8, 4) is 11.5 Å². The minimum atomic E-state index is -0.537. The molecule has 1 amide bonds. The first kappa shape index (κ1) is 30.0. The SMILES string of the molecule is CCCSc1nc2n(n1)C(c1cc(Br)c(OCCC(C)C)c(OCC)c1)C(C(=O)Nc1cccc(C)c1)=C(C)N2. The van der Waals surface area contributed by atoms with E-state index in [1.54, 1.807) is 16.4 Å². The van der Waals surface area contributed by atoms with Crippen molar-refractivity contribution in [3.63, 3.8) is 0 Å². The minimum absolute atomic E-state index is 0.212. The van der Waals surface area contributed by atoms with Crippen molar-refractivity contribution in [1.82, 2.24) is 14.8 Å². The van der Waals surface area contributed by atoms with E-state index < -0.39 is 6.04 Å². The van der Waals surface area contributed by atoms with E-state index in [9.17, 15) is 4.79 Å². The van der Waals surface area contributed by atoms with Gasteiger partial charge >= 0.3 is 0 Å². The fourth-order valence-corrected chi connectivity index (χ4v) is 5.71. The van der Waals surface area contributed by atoms with Gasteiger partial charge in [-0.1, -0.05) is 44.7 Å². The molecular formula is C30H38BrN5O3S. The predicted molar refractivity (Wildman–Crippen MR) is 166 cm³/mol. The van der Waals surface area contributed by atoms with Gasteiger partial charge in [-0.25, -0.2) is 4.68 Å². The Kier molecular flexibility index (Phi) is 10.2. The highest BCUT2D eigenvalue weighted by Gasteiger charge is 2.35. The third-order valence-corrected chi connectivity index (χ3v) is 8.01. The zero-order chi connectivity index (χ0) is 28.8. The summed E-state index contributed by atoms with van der Waals surface area (Å²) in [4.78, 5) is 18.6. The number of fused-ring (bicyclic) bond motifs is 1. The van der Waals surface area contributed by atoms with E-state index >= 15 is 0 Å². The number of benzene rings is 2. The molecule has 8 nitrogen and oxygen atoms in total. The minimum Gasteiger partial charge on any atom is -0.490 e. The summed E-state index contributed by atoms with van der Waals surface area (Å²) in [5.41, 5.74) is 3.90. The van der Waals surface area contributed by atoms with Crippen molar-refractivity contribution < 1.29 is 14.3 Å². The van der Waals surface area contributed by atoms with Crippen LogP contribution in [0.2, 0.25) is 0 Å². The first-order valence-corrected chi connectivity index (χ1v) is 15.5. The topological polar surface area (TPSA) is 90.3 Å². The van der Waals surface area contributed by atoms with Gasteiger partial charge in [0.2, 0.25) is 11.1 Å². The molecule has 0 saturated carbocycles. The summed E-state index contributed by atoms with van der Waals surface area (Å²) in [6.07, 6.45) is 1.94. The van der Waals surface area contributed by atoms with Gasteiger partial charge in [0.25, 0.3) is 5.91 Å². The second-order valence-corrected chi connectivity index (χ2v) is 12.1. The fraction of sp³-hybridized carbons (Fsp3) is 0.433. The first-order chi connectivity index (χ1) is 19.2. The van der Waals surface area contributed by atoms with Crippen LogP contribution in [-0.4, -0.2) is 39.6 Å². The largest absolute Gasteiger partial charge is 0.490 e. The lowest BCUT2D eigenvalue weighted by atomic mass is 9.94. The van der Waals surface area contributed by atoms with Crippen LogP contribution in [-0.2, 0) is 4.79 Å². The molecular weight excluding hydrogens is 590 g/mol. The van der Waals surface area contributed by atoms with E-state index in [0.717, 1.165) is 39.9 Å². The van der Waals surface area contributed by atoms with Crippen LogP contribution < -0.4 is 20.1 Å². The highest BCUT2D eigenvalue weighted by molar-refractivity contribution is 9.10. The molecule has 1 unspecified atom stereocenters. The number of ether oxygens (including phenoxy) is 2. The average Bonchev–Trinajstić information content (AvgIpc) is 3.30. The Bertz CT molecular complexity index is 1390. The maximum absolute atomic E-state index is 13.9. The van der Waals surface area contributed by atoms with E-state index in [0.29, 0.717) is 53.0 Å². The summed E-state index contributed by atoms with van der Waals surface area (Å²) in [5.74, 6) is 3.09. The molecule has 0 spiro atoms. The molecule has 0 aliphatic carbocycles. The van der Waals surface area contributed by atoms with Crippen LogP contribution in [0.3, 0.4) is 0 Å². The van der Waals surface area contributed by atoms with Gasteiger partial charge in [0.05, 0.1) is 23.3 Å². The van der Waals surface area contributed by atoms with Crippen molar-refractivity contribution >= 4 is 45.2 Å². The van der Waals surface area contributed by atoms with Gasteiger partial charge in [-0.2, -0.15) is 4.98 Å². The first-order valence-electron chi connectivity index (χ1n) is 13.8. The number of hydrogen-bond acceptors (Lipinski definition) is 7. The van der Waals surface area contributed by atoms with Gasteiger partial charge in [0, 0.05) is 17.1 Å². The Balaban J connectivity index is 1.79. The lowest BCUT2D eigenvalue weighted by Gasteiger charge is -2.29. The van der Waals surface area contributed by atoms with E-state index in [2.05, 4.69) is 47.3 Å². The van der Waals surface area contributed by atoms with Crippen LogP contribution in [0.1, 0.15) is 64.6 Å². The number of hydrogen-bond donors (Lipinski definition) is 2. The van der Waals surface area contributed by atoms with E-state index in [1.165, 1.54) is 0 Å². The Morgan fingerprint density at radius 2 is 2.00 bits per heavy atom. The smallest absolute Gasteiger partial charge is 0.255 e. The number of nitrogens with one attached hydrogen (secondary N) is 2. The number of nitrogens with zero attached hydrogens (tertiary/aromatic N) is 3. The Morgan fingerprint density at radius 1 is 1.20 bits per heavy atom. The molecule has 10 heteroatoms. The van der Waals surface area contributed by atoms with Gasteiger partial charge in [-0.15, -0.1) is 5.10 Å². The molecule has 2 aromatic carbocycles. The van der Waals surface area contributed by atoms with Gasteiger partial charge in [0.15, 0.2) is 11.5 Å². The van der Waals surface area contributed by atoms with Crippen LogP contribution in [0.15, 0.2) is 57.3 Å². The maximum Gasteiger partial charge on any atom is 0.255 e. The van der Waals surface area contributed by atoms with Crippen molar-refractivity contribution in [2.24, 2.45) is 5.92 Å². The van der Waals surface area contributed by atoms with E-state index in [-0.39, 0.29) is 5.91 Å². The summed E-state index contributed by atoms with van der Waals surface area (Å²) in [6, 6.07) is 11.2. The molecule has 0 bridgehead atoms. The molecule has 3 aromatic rings. The summed E-state index contributed by atoms with van der Waals surface area (Å²) < 4.78 is 14.8. The standard InChI is InChI=1S/C30H38BrN5O3S/c1-7-14-40-30-34-29-32-20(6)25(28(37)33-22-11-9-10-19(5)15-22)26(36(29)35-30)21-16-23(31)27(24(17-21)38-8-2)39-13-12-18(3)4/h9-11,15-18,26H,7-8,12-14H2,1-6H3,(H,33,37)(H,32,34,35). The number of allylic oxidation sites excluding steroid dienone is 1. The zero-order valence-electron chi connectivity index (χ0n) is 24.0. The number of aromatic nitrogens is 3. The highest BCUT2D eigenvalue weighted by Crippen LogP contribution is 2.43. The van der Waals surface area contributed by atoms with Crippen LogP contribution in [0, 0.1) is 12.8 Å². The summed E-state index contributed by atoms with van der Waals surface area (Å²) in [6.45, 7) is 13.4. The third kappa shape index (κ3) is 7.01. The number of carbonyl (C=O) groups excluding carboxylic acids is 1. The molecule has 1 aliphatic heterocycles. The third-order valence-electron chi connectivity index (χ3n) is 6.38. The maximum atomic E-state index is 13.9. The Labute approximate surface area is 249 Å². The molecule has 0 saturated heterocycles. The van der Waals surface area contributed by atoms with Crippen molar-refractivity contribution in [1.29, 1.82) is 0 Å². The van der Waals surface area contributed by atoms with Crippen molar-refractivity contribution in [2.45, 2.75) is 65.6 Å². The predicted octanol–water partition coefficient (Wildman–Crippen LogP) is 7.60. The Hall–Kier alpha value is -2.98. The quantitative estimate of drug-likeness (QED) is 0.200. The molecule has 0 fully saturated rings. The number of thioether (sulfide) groups is 1. The number of aryl methyl sites for hydroxylation is 1. The molecule has 214 valence electrons. The monoisotopic (exact) mass is 627 g/mol. The van der Waals surface area contributed by atoms with Crippen LogP contribution in [0.4, 0.5) is 11.6 Å². The summed E-state index contributed by atoms with van der Waals surface area (Å²) >= 11 is 5.33. The van der Waals surface area contributed by atoms with Gasteiger partial charge in [-0.3, -0.25) is 4.79 Å². The molecule has 2 heterocycles. The fourth-order valence-electron chi connectivity index (χ4n) is 4.45. The Morgan fingerprint density at radius 3 is 2.70 bits per heavy atom. The van der Waals surface area contributed by atoms with Crippen molar-refractivity contribution in [2.75, 3.05) is 29.6 Å². The highest BCUT2D eigenvalue weighted by atomic mass is 79.9. The van der Waals surface area contributed by atoms with Crippen LogP contribution >= 0.6 is 27.7 Å². The molecule has 1 aliphatic rings. The molecule has 2 N–H and O–H groups in total. The number of carbonyl (C=O) groups is 1. The van der Waals surface area contributed by atoms with Crippen LogP contribution in [0.25, 0.3) is 0 Å². The second-order valence-electron chi connectivity index (χ2n) is 10.2. The number of rotatable bonds is 12. The van der Waals surface area contributed by atoms with Crippen LogP contribution in [0.5, 0.6) is 11.5 Å². The average molecular weight is 629 g/mol.